The van der Waals surface area contributed by atoms with E-state index in [1.807, 2.05) is 74.5 Å². The molecule has 2 N–H and O–H groups in total. The molecular formula is C34H46N2O5. The fourth-order valence-electron chi connectivity index (χ4n) is 4.55. The molecule has 2 aromatic carbocycles. The lowest BCUT2D eigenvalue weighted by atomic mass is 9.94. The third-order valence-electron chi connectivity index (χ3n) is 7.10. The standard InChI is InChI=1S/C34H46N2O5/c1-5-7-19-30(22-27-15-10-8-11-16-27)34(40)41-25-31(26(3)4)35-33(39)29(14-6-2)23-32(38)36(20-21-37)24-28-17-12-9-13-18-28/h5-6,8-13,15-18,26,29-31,37H,1-2,7,14,19-25H2,3-4H3,(H,35,39)/t29-,30+,31+/m0/s1. The molecule has 0 radical (unpaired) electrons. The fourth-order valence-corrected chi connectivity index (χ4v) is 4.55. The van der Waals surface area contributed by atoms with E-state index in [4.69, 9.17) is 4.74 Å². The van der Waals surface area contributed by atoms with Crippen molar-refractivity contribution in [1.29, 1.82) is 0 Å². The molecule has 0 aliphatic rings. The van der Waals surface area contributed by atoms with Crippen LogP contribution in [0.15, 0.2) is 86.0 Å². The van der Waals surface area contributed by atoms with Crippen LogP contribution in [-0.4, -0.2) is 53.6 Å². The van der Waals surface area contributed by atoms with E-state index in [1.54, 1.807) is 17.1 Å². The van der Waals surface area contributed by atoms with Crippen molar-refractivity contribution in [1.82, 2.24) is 10.2 Å². The summed E-state index contributed by atoms with van der Waals surface area (Å²) in [5.41, 5.74) is 2.01. The van der Waals surface area contributed by atoms with E-state index in [0.717, 1.165) is 11.1 Å². The molecule has 0 aliphatic heterocycles. The summed E-state index contributed by atoms with van der Waals surface area (Å²) < 4.78 is 5.74. The van der Waals surface area contributed by atoms with Crippen LogP contribution in [0.1, 0.15) is 50.7 Å². The van der Waals surface area contributed by atoms with Crippen molar-refractivity contribution in [2.75, 3.05) is 19.8 Å². The Balaban J connectivity index is 2.03. The van der Waals surface area contributed by atoms with E-state index in [9.17, 15) is 19.5 Å². The lowest BCUT2D eigenvalue weighted by Gasteiger charge is -2.27. The van der Waals surface area contributed by atoms with Crippen molar-refractivity contribution in [3.8, 4) is 0 Å². The van der Waals surface area contributed by atoms with Gasteiger partial charge in [-0.1, -0.05) is 86.7 Å². The quantitative estimate of drug-likeness (QED) is 0.184. The second-order valence-corrected chi connectivity index (χ2v) is 10.7. The maximum atomic E-state index is 13.4. The number of esters is 1. The van der Waals surface area contributed by atoms with Gasteiger partial charge in [-0.15, -0.1) is 13.2 Å². The van der Waals surface area contributed by atoms with Crippen LogP contribution in [-0.2, 0) is 32.1 Å². The third kappa shape index (κ3) is 12.1. The average Bonchev–Trinajstić information content (AvgIpc) is 2.97. The zero-order valence-corrected chi connectivity index (χ0v) is 24.5. The molecule has 0 aromatic heterocycles. The molecule has 2 amide bonds. The summed E-state index contributed by atoms with van der Waals surface area (Å²) in [6.07, 6.45) is 5.63. The summed E-state index contributed by atoms with van der Waals surface area (Å²) in [7, 11) is 0. The van der Waals surface area contributed by atoms with Gasteiger partial charge in [0.1, 0.15) is 6.61 Å². The molecule has 7 heteroatoms. The molecule has 2 rings (SSSR count). The first kappa shape index (κ1) is 33.5. The maximum absolute atomic E-state index is 13.4. The summed E-state index contributed by atoms with van der Waals surface area (Å²) in [6.45, 7) is 11.9. The first-order chi connectivity index (χ1) is 19.8. The predicted molar refractivity (Wildman–Crippen MR) is 163 cm³/mol. The number of hydrogen-bond acceptors (Lipinski definition) is 5. The normalized spacial score (nSPS) is 13.1. The Kier molecular flexibility index (Phi) is 15.2. The molecule has 0 spiro atoms. The van der Waals surface area contributed by atoms with Gasteiger partial charge in [-0.3, -0.25) is 14.4 Å². The van der Waals surface area contributed by atoms with Crippen molar-refractivity contribution in [3.63, 3.8) is 0 Å². The van der Waals surface area contributed by atoms with Gasteiger partial charge in [0, 0.05) is 19.5 Å². The number of amides is 2. The van der Waals surface area contributed by atoms with Crippen molar-refractivity contribution < 1.29 is 24.2 Å². The molecule has 2 aromatic rings. The van der Waals surface area contributed by atoms with Gasteiger partial charge >= 0.3 is 5.97 Å². The summed E-state index contributed by atoms with van der Waals surface area (Å²) in [4.78, 5) is 41.2. The van der Waals surface area contributed by atoms with Crippen LogP contribution in [0.4, 0.5) is 0 Å². The van der Waals surface area contributed by atoms with Crippen LogP contribution in [0.5, 0.6) is 0 Å². The first-order valence-electron chi connectivity index (χ1n) is 14.4. The van der Waals surface area contributed by atoms with E-state index < -0.39 is 12.0 Å². The van der Waals surface area contributed by atoms with E-state index in [0.29, 0.717) is 32.2 Å². The molecular weight excluding hydrogens is 516 g/mol. The summed E-state index contributed by atoms with van der Waals surface area (Å²) in [6, 6.07) is 18.9. The summed E-state index contributed by atoms with van der Waals surface area (Å²) >= 11 is 0. The second-order valence-electron chi connectivity index (χ2n) is 10.7. The molecule has 0 bridgehead atoms. The van der Waals surface area contributed by atoms with Gasteiger partial charge in [0.15, 0.2) is 0 Å². The number of benzene rings is 2. The van der Waals surface area contributed by atoms with Crippen LogP contribution >= 0.6 is 0 Å². The van der Waals surface area contributed by atoms with Gasteiger partial charge in [-0.2, -0.15) is 0 Å². The molecule has 0 unspecified atom stereocenters. The highest BCUT2D eigenvalue weighted by atomic mass is 16.5. The van der Waals surface area contributed by atoms with E-state index >= 15 is 0 Å². The number of ether oxygens (including phenoxy) is 1. The Hall–Kier alpha value is -3.71. The third-order valence-corrected chi connectivity index (χ3v) is 7.10. The number of allylic oxidation sites excluding steroid dienone is 2. The van der Waals surface area contributed by atoms with E-state index in [-0.39, 0.29) is 55.8 Å². The highest BCUT2D eigenvalue weighted by Crippen LogP contribution is 2.19. The average molecular weight is 563 g/mol. The molecule has 0 saturated carbocycles. The fraction of sp³-hybridized carbons (Fsp3) is 0.441. The van der Waals surface area contributed by atoms with Crippen LogP contribution in [0.2, 0.25) is 0 Å². The molecule has 7 nitrogen and oxygen atoms in total. The highest BCUT2D eigenvalue weighted by Gasteiger charge is 2.28. The van der Waals surface area contributed by atoms with Gasteiger partial charge in [-0.05, 0) is 42.7 Å². The number of nitrogens with one attached hydrogen (secondary N) is 1. The smallest absolute Gasteiger partial charge is 0.309 e. The van der Waals surface area contributed by atoms with Gasteiger partial charge in [0.25, 0.3) is 0 Å². The number of hydrogen-bond donors (Lipinski definition) is 2. The van der Waals surface area contributed by atoms with Gasteiger partial charge < -0.3 is 20.1 Å². The number of rotatable bonds is 19. The lowest BCUT2D eigenvalue weighted by molar-refractivity contribution is -0.150. The number of nitrogens with zero attached hydrogens (tertiary/aromatic N) is 1. The second kappa shape index (κ2) is 18.6. The van der Waals surface area contributed by atoms with E-state index in [1.165, 1.54) is 0 Å². The Morgan fingerprint density at radius 1 is 0.951 bits per heavy atom. The minimum Gasteiger partial charge on any atom is -0.463 e. The molecule has 0 fully saturated rings. The Labute approximate surface area is 245 Å². The number of carbonyl (C=O) groups is 3. The monoisotopic (exact) mass is 562 g/mol. The summed E-state index contributed by atoms with van der Waals surface area (Å²) in [5.74, 6) is -1.75. The van der Waals surface area contributed by atoms with Crippen LogP contribution < -0.4 is 5.32 Å². The predicted octanol–water partition coefficient (Wildman–Crippen LogP) is 5.10. The Bertz CT molecular complexity index is 1090. The molecule has 41 heavy (non-hydrogen) atoms. The Morgan fingerprint density at radius 3 is 2.15 bits per heavy atom. The molecule has 0 aliphatic carbocycles. The minimum atomic E-state index is -0.632. The van der Waals surface area contributed by atoms with Crippen molar-refractivity contribution in [2.24, 2.45) is 17.8 Å². The van der Waals surface area contributed by atoms with Crippen LogP contribution in [0.25, 0.3) is 0 Å². The topological polar surface area (TPSA) is 95.9 Å². The van der Waals surface area contributed by atoms with Gasteiger partial charge in [0.2, 0.25) is 11.8 Å². The Morgan fingerprint density at radius 2 is 1.59 bits per heavy atom. The molecule has 0 heterocycles. The number of aliphatic hydroxyl groups excluding tert-OH is 1. The largest absolute Gasteiger partial charge is 0.463 e. The first-order valence-corrected chi connectivity index (χ1v) is 14.4. The zero-order valence-electron chi connectivity index (χ0n) is 24.5. The molecule has 0 saturated heterocycles. The SMILES string of the molecule is C=CCC[C@H](Cc1ccccc1)C(=O)OC[C@@H](NC(=O)[C@@H](CC=C)CC(=O)N(CCO)Cc1ccccc1)C(C)C. The van der Waals surface area contributed by atoms with Crippen LogP contribution in [0.3, 0.4) is 0 Å². The molecule has 222 valence electrons. The van der Waals surface area contributed by atoms with Gasteiger partial charge in [-0.25, -0.2) is 0 Å². The molecule has 3 atom stereocenters. The highest BCUT2D eigenvalue weighted by molar-refractivity contribution is 5.86. The zero-order chi connectivity index (χ0) is 30.0. The van der Waals surface area contributed by atoms with E-state index in [2.05, 4.69) is 18.5 Å². The van der Waals surface area contributed by atoms with Crippen LogP contribution in [0, 0.1) is 17.8 Å². The lowest BCUT2D eigenvalue weighted by Crippen LogP contribution is -2.46. The minimum absolute atomic E-state index is 0.00320. The number of carbonyl (C=O) groups excluding carboxylic acids is 3. The maximum Gasteiger partial charge on any atom is 0.309 e. The van der Waals surface area contributed by atoms with Crippen molar-refractivity contribution >= 4 is 17.8 Å². The number of aliphatic hydroxyl groups is 1. The summed E-state index contributed by atoms with van der Waals surface area (Å²) in [5, 5.41) is 12.5. The van der Waals surface area contributed by atoms with Crippen molar-refractivity contribution in [2.45, 2.75) is 58.5 Å². The van der Waals surface area contributed by atoms with Crippen molar-refractivity contribution in [3.05, 3.63) is 97.1 Å². The van der Waals surface area contributed by atoms with Gasteiger partial charge in [0.05, 0.1) is 24.5 Å².